The highest BCUT2D eigenvalue weighted by molar-refractivity contribution is 7.09. The van der Waals surface area contributed by atoms with Crippen LogP contribution in [-0.2, 0) is 0 Å². The van der Waals surface area contributed by atoms with E-state index >= 15 is 0 Å². The molecular formula is C13H15FN2S. The van der Waals surface area contributed by atoms with Crippen molar-refractivity contribution in [1.29, 1.82) is 0 Å². The minimum atomic E-state index is -0.178. The number of hydrogen-bond acceptors (Lipinski definition) is 3. The molecule has 0 aliphatic carbocycles. The topological polar surface area (TPSA) is 24.9 Å². The molecule has 0 spiro atoms. The van der Waals surface area contributed by atoms with E-state index in [2.05, 4.69) is 10.3 Å². The van der Waals surface area contributed by atoms with E-state index in [-0.39, 0.29) is 11.9 Å². The Bertz CT molecular complexity index is 522. The minimum Gasteiger partial charge on any atom is -0.309 e. The molecule has 17 heavy (non-hydrogen) atoms. The van der Waals surface area contributed by atoms with Crippen LogP contribution in [0.2, 0.25) is 0 Å². The minimum absolute atomic E-state index is 0.123. The van der Waals surface area contributed by atoms with E-state index in [4.69, 9.17) is 0 Å². The summed E-state index contributed by atoms with van der Waals surface area (Å²) in [5, 5.41) is 3.16. The predicted octanol–water partition coefficient (Wildman–Crippen LogP) is 3.21. The summed E-state index contributed by atoms with van der Waals surface area (Å²) >= 11 is 1.55. The number of aromatic nitrogens is 1. The maximum Gasteiger partial charge on any atom is 0.128 e. The predicted molar refractivity (Wildman–Crippen MR) is 68.9 cm³/mol. The Balaban J connectivity index is 2.49. The van der Waals surface area contributed by atoms with Gasteiger partial charge in [0.2, 0.25) is 0 Å². The van der Waals surface area contributed by atoms with Crippen LogP contribution >= 0.6 is 11.3 Å². The van der Waals surface area contributed by atoms with Gasteiger partial charge in [0.25, 0.3) is 0 Å². The number of rotatable bonds is 3. The average Bonchev–Trinajstić information content (AvgIpc) is 2.71. The van der Waals surface area contributed by atoms with Gasteiger partial charge < -0.3 is 5.32 Å². The van der Waals surface area contributed by atoms with E-state index in [1.54, 1.807) is 22.9 Å². The normalized spacial score (nSPS) is 12.7. The fourth-order valence-corrected chi connectivity index (χ4v) is 2.83. The van der Waals surface area contributed by atoms with Crippen LogP contribution in [0.4, 0.5) is 4.39 Å². The van der Waals surface area contributed by atoms with E-state index in [1.807, 2.05) is 27.0 Å². The fraction of sp³-hybridized carbons (Fsp3) is 0.308. The molecule has 2 nitrogen and oxygen atoms in total. The zero-order valence-corrected chi connectivity index (χ0v) is 10.9. The van der Waals surface area contributed by atoms with Crippen molar-refractivity contribution in [3.8, 4) is 0 Å². The first-order chi connectivity index (χ1) is 8.13. The molecule has 0 aliphatic rings. The molecule has 1 N–H and O–H groups in total. The van der Waals surface area contributed by atoms with Crippen molar-refractivity contribution < 1.29 is 4.39 Å². The van der Waals surface area contributed by atoms with Gasteiger partial charge in [-0.05, 0) is 27.0 Å². The van der Waals surface area contributed by atoms with Crippen molar-refractivity contribution in [2.45, 2.75) is 19.9 Å². The second-order valence-electron chi connectivity index (χ2n) is 4.05. The van der Waals surface area contributed by atoms with Gasteiger partial charge in [0.1, 0.15) is 5.82 Å². The molecule has 2 rings (SSSR count). The van der Waals surface area contributed by atoms with Crippen molar-refractivity contribution in [2.75, 3.05) is 7.05 Å². The van der Waals surface area contributed by atoms with Gasteiger partial charge >= 0.3 is 0 Å². The Morgan fingerprint density at radius 2 is 2.12 bits per heavy atom. The third-order valence-electron chi connectivity index (χ3n) is 2.80. The maximum absolute atomic E-state index is 13.9. The molecule has 0 radical (unpaired) electrons. The molecule has 0 fully saturated rings. The van der Waals surface area contributed by atoms with Gasteiger partial charge in [-0.25, -0.2) is 9.37 Å². The average molecular weight is 250 g/mol. The molecule has 1 unspecified atom stereocenters. The van der Waals surface area contributed by atoms with Gasteiger partial charge in [0.15, 0.2) is 0 Å². The zero-order chi connectivity index (χ0) is 12.4. The maximum atomic E-state index is 13.9. The summed E-state index contributed by atoms with van der Waals surface area (Å²) in [5.74, 6) is -0.178. The summed E-state index contributed by atoms with van der Waals surface area (Å²) < 4.78 is 13.9. The van der Waals surface area contributed by atoms with E-state index in [9.17, 15) is 4.39 Å². The third-order valence-corrected chi connectivity index (χ3v) is 3.79. The number of aryl methyl sites for hydroxylation is 2. The number of benzene rings is 1. The first kappa shape index (κ1) is 12.2. The lowest BCUT2D eigenvalue weighted by Crippen LogP contribution is -2.19. The Labute approximate surface area is 105 Å². The molecule has 4 heteroatoms. The monoisotopic (exact) mass is 250 g/mol. The van der Waals surface area contributed by atoms with Crippen molar-refractivity contribution in [2.24, 2.45) is 0 Å². The molecule has 90 valence electrons. The summed E-state index contributed by atoms with van der Waals surface area (Å²) in [7, 11) is 1.84. The van der Waals surface area contributed by atoms with E-state index < -0.39 is 0 Å². The fourth-order valence-electron chi connectivity index (χ4n) is 1.90. The van der Waals surface area contributed by atoms with Crippen LogP contribution in [0.25, 0.3) is 0 Å². The molecule has 1 aromatic heterocycles. The molecule has 1 atom stereocenters. The van der Waals surface area contributed by atoms with Gasteiger partial charge in [-0.3, -0.25) is 0 Å². The number of hydrogen-bond donors (Lipinski definition) is 1. The molecule has 1 heterocycles. The van der Waals surface area contributed by atoms with Crippen molar-refractivity contribution in [3.63, 3.8) is 0 Å². The highest BCUT2D eigenvalue weighted by atomic mass is 32.1. The summed E-state index contributed by atoms with van der Waals surface area (Å²) in [5.41, 5.74) is 4.49. The van der Waals surface area contributed by atoms with Gasteiger partial charge in [-0.1, -0.05) is 17.7 Å². The summed E-state index contributed by atoms with van der Waals surface area (Å²) in [4.78, 5) is 5.29. The number of thiazole rings is 1. The smallest absolute Gasteiger partial charge is 0.128 e. The lowest BCUT2D eigenvalue weighted by atomic mass is 10.0. The second kappa shape index (κ2) is 4.94. The van der Waals surface area contributed by atoms with Crippen molar-refractivity contribution in [1.82, 2.24) is 10.3 Å². The summed E-state index contributed by atoms with van der Waals surface area (Å²) in [6.45, 7) is 3.92. The summed E-state index contributed by atoms with van der Waals surface area (Å²) in [6.07, 6.45) is 0. The lowest BCUT2D eigenvalue weighted by Gasteiger charge is -2.17. The van der Waals surface area contributed by atoms with Crippen LogP contribution in [0.1, 0.15) is 27.7 Å². The molecule has 0 bridgehead atoms. The van der Waals surface area contributed by atoms with E-state index in [1.165, 1.54) is 6.07 Å². The Hall–Kier alpha value is -1.26. The van der Waals surface area contributed by atoms with Crippen LogP contribution in [-0.4, -0.2) is 12.0 Å². The van der Waals surface area contributed by atoms with E-state index in [0.717, 1.165) is 16.1 Å². The van der Waals surface area contributed by atoms with Crippen LogP contribution in [0.15, 0.2) is 23.7 Å². The quantitative estimate of drug-likeness (QED) is 0.904. The molecule has 0 saturated carbocycles. The standard InChI is InChI=1S/C13H15FN2S/c1-8-4-5-11(14)10(6-8)12(15-3)13-9(2)16-7-17-13/h4-7,12,15H,1-3H3. The van der Waals surface area contributed by atoms with Gasteiger partial charge in [0.05, 0.1) is 17.2 Å². The van der Waals surface area contributed by atoms with Crippen LogP contribution < -0.4 is 5.32 Å². The van der Waals surface area contributed by atoms with Crippen LogP contribution in [0.5, 0.6) is 0 Å². The first-order valence-corrected chi connectivity index (χ1v) is 6.34. The molecule has 0 amide bonds. The van der Waals surface area contributed by atoms with E-state index in [0.29, 0.717) is 5.56 Å². The summed E-state index contributed by atoms with van der Waals surface area (Å²) in [6, 6.07) is 5.06. The largest absolute Gasteiger partial charge is 0.309 e. The number of nitrogens with zero attached hydrogens (tertiary/aromatic N) is 1. The first-order valence-electron chi connectivity index (χ1n) is 5.46. The Morgan fingerprint density at radius 3 is 2.71 bits per heavy atom. The van der Waals surface area contributed by atoms with Crippen LogP contribution in [0, 0.1) is 19.7 Å². The third kappa shape index (κ3) is 2.37. The SMILES string of the molecule is CNC(c1cc(C)ccc1F)c1scnc1C. The Kier molecular flexibility index (Phi) is 3.54. The Morgan fingerprint density at radius 1 is 1.35 bits per heavy atom. The van der Waals surface area contributed by atoms with Gasteiger partial charge in [-0.15, -0.1) is 11.3 Å². The van der Waals surface area contributed by atoms with Crippen molar-refractivity contribution >= 4 is 11.3 Å². The zero-order valence-electron chi connectivity index (χ0n) is 10.1. The number of halogens is 1. The second-order valence-corrected chi connectivity index (χ2v) is 4.94. The highest BCUT2D eigenvalue weighted by Crippen LogP contribution is 2.29. The van der Waals surface area contributed by atoms with Gasteiger partial charge in [-0.2, -0.15) is 0 Å². The molecular weight excluding hydrogens is 235 g/mol. The lowest BCUT2D eigenvalue weighted by molar-refractivity contribution is 0.577. The number of nitrogens with one attached hydrogen (secondary N) is 1. The molecule has 1 aromatic carbocycles. The van der Waals surface area contributed by atoms with Gasteiger partial charge in [0, 0.05) is 10.4 Å². The van der Waals surface area contributed by atoms with Crippen LogP contribution in [0.3, 0.4) is 0 Å². The van der Waals surface area contributed by atoms with Crippen molar-refractivity contribution in [3.05, 3.63) is 51.2 Å². The highest BCUT2D eigenvalue weighted by Gasteiger charge is 2.19. The molecule has 2 aromatic rings. The molecule has 0 saturated heterocycles. The molecule has 0 aliphatic heterocycles.